The minimum absolute atomic E-state index is 0.203. The van der Waals surface area contributed by atoms with E-state index in [1.54, 1.807) is 17.3 Å². The molecule has 1 aliphatic rings. The summed E-state index contributed by atoms with van der Waals surface area (Å²) in [4.78, 5) is 21.7. The Hall–Kier alpha value is -2.34. The summed E-state index contributed by atoms with van der Waals surface area (Å²) in [5, 5.41) is 0.203. The Labute approximate surface area is 151 Å². The molecule has 1 aromatic heterocycles. The van der Waals surface area contributed by atoms with E-state index in [9.17, 15) is 4.79 Å². The molecule has 1 fully saturated rings. The van der Waals surface area contributed by atoms with Gasteiger partial charge in [0.2, 0.25) is 5.28 Å². The van der Waals surface area contributed by atoms with Crippen LogP contribution in [0, 0.1) is 5.92 Å². The first-order valence-corrected chi connectivity index (χ1v) is 8.64. The van der Waals surface area contributed by atoms with Gasteiger partial charge in [0.1, 0.15) is 6.61 Å². The second kappa shape index (κ2) is 8.67. The maximum absolute atomic E-state index is 12.1. The van der Waals surface area contributed by atoms with Gasteiger partial charge in [0, 0.05) is 13.1 Å². The average Bonchev–Trinajstić information content (AvgIpc) is 2.67. The predicted octanol–water partition coefficient (Wildman–Crippen LogP) is 3.56. The van der Waals surface area contributed by atoms with Crippen LogP contribution in [0.3, 0.4) is 0 Å². The topological polar surface area (TPSA) is 64.5 Å². The van der Waals surface area contributed by atoms with E-state index in [-0.39, 0.29) is 11.4 Å². The molecule has 0 unspecified atom stereocenters. The van der Waals surface area contributed by atoms with Gasteiger partial charge in [0.15, 0.2) is 5.75 Å². The smallest absolute Gasteiger partial charge is 0.410 e. The molecule has 2 heterocycles. The molecule has 3 rings (SSSR count). The van der Waals surface area contributed by atoms with Crippen molar-refractivity contribution in [1.29, 1.82) is 0 Å². The van der Waals surface area contributed by atoms with Crippen molar-refractivity contribution < 1.29 is 14.3 Å². The van der Waals surface area contributed by atoms with Crippen molar-refractivity contribution in [2.75, 3.05) is 19.7 Å². The van der Waals surface area contributed by atoms with Gasteiger partial charge in [-0.1, -0.05) is 30.3 Å². The van der Waals surface area contributed by atoms with Crippen molar-refractivity contribution in [3.63, 3.8) is 0 Å². The maximum atomic E-state index is 12.1. The van der Waals surface area contributed by atoms with Gasteiger partial charge >= 0.3 is 6.09 Å². The fraction of sp³-hybridized carbons (Fsp3) is 0.389. The van der Waals surface area contributed by atoms with E-state index in [0.29, 0.717) is 38.0 Å². The van der Waals surface area contributed by atoms with Crippen molar-refractivity contribution >= 4 is 17.7 Å². The number of benzene rings is 1. The van der Waals surface area contributed by atoms with Crippen molar-refractivity contribution in [3.8, 4) is 5.75 Å². The van der Waals surface area contributed by atoms with Crippen LogP contribution in [0.15, 0.2) is 42.7 Å². The molecule has 1 aliphatic heterocycles. The summed E-state index contributed by atoms with van der Waals surface area (Å²) in [7, 11) is 0. The van der Waals surface area contributed by atoms with E-state index in [1.807, 2.05) is 30.3 Å². The second-order valence-electron chi connectivity index (χ2n) is 5.97. The third-order valence-electron chi connectivity index (χ3n) is 4.16. The SMILES string of the molecule is O=C(OCc1ccccc1)N1CCC(COc2cnc(Cl)nc2)CC1. The summed E-state index contributed by atoms with van der Waals surface area (Å²) in [5.74, 6) is 1.00. The molecule has 7 heteroatoms. The van der Waals surface area contributed by atoms with Crippen LogP contribution in [0.4, 0.5) is 4.79 Å². The van der Waals surface area contributed by atoms with Gasteiger partial charge in [-0.3, -0.25) is 0 Å². The molecule has 1 amide bonds. The Morgan fingerprint density at radius 2 is 1.84 bits per heavy atom. The first-order chi connectivity index (χ1) is 12.2. The molecule has 132 valence electrons. The lowest BCUT2D eigenvalue weighted by Gasteiger charge is -2.31. The third kappa shape index (κ3) is 5.32. The first kappa shape index (κ1) is 17.5. The molecule has 0 N–H and O–H groups in total. The Morgan fingerprint density at radius 3 is 2.52 bits per heavy atom. The average molecular weight is 362 g/mol. The van der Waals surface area contributed by atoms with Gasteiger partial charge in [-0.15, -0.1) is 0 Å². The Morgan fingerprint density at radius 1 is 1.16 bits per heavy atom. The molecular weight excluding hydrogens is 342 g/mol. The van der Waals surface area contributed by atoms with Gasteiger partial charge < -0.3 is 14.4 Å². The van der Waals surface area contributed by atoms with E-state index in [1.165, 1.54) is 0 Å². The third-order valence-corrected chi connectivity index (χ3v) is 4.36. The van der Waals surface area contributed by atoms with Crippen molar-refractivity contribution in [2.24, 2.45) is 5.92 Å². The number of halogens is 1. The quantitative estimate of drug-likeness (QED) is 0.762. The Kier molecular flexibility index (Phi) is 6.06. The van der Waals surface area contributed by atoms with Crippen molar-refractivity contribution in [3.05, 3.63) is 53.6 Å². The molecule has 0 atom stereocenters. The molecule has 0 radical (unpaired) electrons. The van der Waals surface area contributed by atoms with Crippen LogP contribution in [-0.2, 0) is 11.3 Å². The molecule has 1 saturated heterocycles. The summed E-state index contributed by atoms with van der Waals surface area (Å²) < 4.78 is 11.1. The number of nitrogens with zero attached hydrogens (tertiary/aromatic N) is 3. The normalized spacial score (nSPS) is 15.0. The standard InChI is InChI=1S/C18H20ClN3O3/c19-17-20-10-16(11-21-17)24-12-15-6-8-22(9-7-15)18(23)25-13-14-4-2-1-3-5-14/h1-5,10-11,15H,6-9,12-13H2. The van der Waals surface area contributed by atoms with Crippen LogP contribution in [0.25, 0.3) is 0 Å². The Balaban J connectivity index is 1.37. The van der Waals surface area contributed by atoms with Gasteiger partial charge in [-0.05, 0) is 35.9 Å². The lowest BCUT2D eigenvalue weighted by Crippen LogP contribution is -2.39. The zero-order valence-corrected chi connectivity index (χ0v) is 14.6. The summed E-state index contributed by atoms with van der Waals surface area (Å²) in [5.41, 5.74) is 0.990. The maximum Gasteiger partial charge on any atom is 0.410 e. The minimum atomic E-state index is -0.255. The molecule has 2 aromatic rings. The Bertz CT molecular complexity index is 674. The lowest BCUT2D eigenvalue weighted by molar-refractivity contribution is 0.0760. The summed E-state index contributed by atoms with van der Waals surface area (Å²) in [6.07, 6.45) is 4.63. The monoisotopic (exact) mass is 361 g/mol. The number of likely N-dealkylation sites (tertiary alicyclic amines) is 1. The fourth-order valence-electron chi connectivity index (χ4n) is 2.68. The molecule has 0 bridgehead atoms. The molecule has 0 aliphatic carbocycles. The molecular formula is C18H20ClN3O3. The summed E-state index contributed by atoms with van der Waals surface area (Å²) in [6.45, 7) is 2.24. The van der Waals surface area contributed by atoms with E-state index in [0.717, 1.165) is 18.4 Å². The number of hydrogen-bond acceptors (Lipinski definition) is 5. The van der Waals surface area contributed by atoms with Gasteiger partial charge in [0.25, 0.3) is 0 Å². The van der Waals surface area contributed by atoms with Crippen LogP contribution >= 0.6 is 11.6 Å². The number of carbonyl (C=O) groups excluding carboxylic acids is 1. The fourth-order valence-corrected chi connectivity index (χ4v) is 2.78. The lowest BCUT2D eigenvalue weighted by atomic mass is 9.98. The highest BCUT2D eigenvalue weighted by Crippen LogP contribution is 2.20. The number of rotatable bonds is 5. The van der Waals surface area contributed by atoms with Crippen LogP contribution in [-0.4, -0.2) is 40.7 Å². The van der Waals surface area contributed by atoms with E-state index in [4.69, 9.17) is 21.1 Å². The van der Waals surface area contributed by atoms with Crippen LogP contribution in [0.5, 0.6) is 5.75 Å². The van der Waals surface area contributed by atoms with Gasteiger partial charge in [-0.2, -0.15) is 0 Å². The minimum Gasteiger partial charge on any atom is -0.490 e. The van der Waals surface area contributed by atoms with E-state index >= 15 is 0 Å². The van der Waals surface area contributed by atoms with Crippen molar-refractivity contribution in [2.45, 2.75) is 19.4 Å². The summed E-state index contributed by atoms with van der Waals surface area (Å²) in [6, 6.07) is 9.68. The van der Waals surface area contributed by atoms with Crippen LogP contribution in [0.2, 0.25) is 5.28 Å². The molecule has 6 nitrogen and oxygen atoms in total. The summed E-state index contributed by atoms with van der Waals surface area (Å²) >= 11 is 5.64. The number of ether oxygens (including phenoxy) is 2. The predicted molar refractivity (Wildman–Crippen MR) is 93.5 cm³/mol. The number of aromatic nitrogens is 2. The van der Waals surface area contributed by atoms with Crippen LogP contribution in [0.1, 0.15) is 18.4 Å². The van der Waals surface area contributed by atoms with E-state index in [2.05, 4.69) is 9.97 Å². The zero-order valence-electron chi connectivity index (χ0n) is 13.8. The van der Waals surface area contributed by atoms with Gasteiger partial charge in [-0.25, -0.2) is 14.8 Å². The highest BCUT2D eigenvalue weighted by atomic mass is 35.5. The van der Waals surface area contributed by atoms with Gasteiger partial charge in [0.05, 0.1) is 19.0 Å². The second-order valence-corrected chi connectivity index (χ2v) is 6.31. The molecule has 25 heavy (non-hydrogen) atoms. The number of piperidine rings is 1. The molecule has 0 saturated carbocycles. The highest BCUT2D eigenvalue weighted by molar-refractivity contribution is 6.28. The number of carbonyl (C=O) groups is 1. The molecule has 1 aromatic carbocycles. The highest BCUT2D eigenvalue weighted by Gasteiger charge is 2.24. The van der Waals surface area contributed by atoms with Crippen LogP contribution < -0.4 is 4.74 Å². The number of hydrogen-bond donors (Lipinski definition) is 0. The van der Waals surface area contributed by atoms with Crippen molar-refractivity contribution in [1.82, 2.24) is 14.9 Å². The number of amides is 1. The molecule has 0 spiro atoms. The first-order valence-electron chi connectivity index (χ1n) is 8.26. The largest absolute Gasteiger partial charge is 0.490 e. The van der Waals surface area contributed by atoms with E-state index < -0.39 is 0 Å². The zero-order chi connectivity index (χ0) is 17.5.